The fourth-order valence-electron chi connectivity index (χ4n) is 4.53. The predicted octanol–water partition coefficient (Wildman–Crippen LogP) is -0.243. The van der Waals surface area contributed by atoms with E-state index in [4.69, 9.17) is 9.47 Å². The highest BCUT2D eigenvalue weighted by molar-refractivity contribution is 5.99. The van der Waals surface area contributed by atoms with Crippen LogP contribution >= 0.6 is 0 Å². The van der Waals surface area contributed by atoms with E-state index in [2.05, 4.69) is 16.0 Å². The van der Waals surface area contributed by atoms with Gasteiger partial charge in [0.15, 0.2) is 5.78 Å². The molecule has 3 rings (SSSR count). The summed E-state index contributed by atoms with van der Waals surface area (Å²) in [5, 5.41) is 17.5. The molecule has 0 radical (unpaired) electrons. The quantitative estimate of drug-likeness (QED) is 0.359. The number of nitrogens with one attached hydrogen (secondary N) is 3. The minimum absolute atomic E-state index is 0.0936. The molecule has 0 aliphatic carbocycles. The summed E-state index contributed by atoms with van der Waals surface area (Å²) >= 11 is 0. The SMILES string of the molecule is CC1=C(C(=O)N[C@@H](CC(C)C)C(=O)NC(C[C@@H]2CCNC2=O)C(=O)CO)C2CCOC2O1. The maximum absolute atomic E-state index is 13.1. The Kier molecular flexibility index (Phi) is 7.89. The minimum Gasteiger partial charge on any atom is -0.468 e. The van der Waals surface area contributed by atoms with Gasteiger partial charge in [0.05, 0.1) is 24.1 Å². The normalized spacial score (nSPS) is 26.4. The van der Waals surface area contributed by atoms with Gasteiger partial charge in [0.25, 0.3) is 5.91 Å². The van der Waals surface area contributed by atoms with E-state index < -0.39 is 42.6 Å². The second kappa shape index (κ2) is 10.4. The number of aliphatic hydroxyl groups excluding tert-OH is 1. The third kappa shape index (κ3) is 5.47. The largest absolute Gasteiger partial charge is 0.468 e. The van der Waals surface area contributed by atoms with Crippen molar-refractivity contribution in [2.75, 3.05) is 19.8 Å². The summed E-state index contributed by atoms with van der Waals surface area (Å²) in [5.41, 5.74) is 0.486. The molecule has 5 atom stereocenters. The van der Waals surface area contributed by atoms with Crippen molar-refractivity contribution in [1.29, 1.82) is 0 Å². The number of ether oxygens (including phenoxy) is 2. The number of rotatable bonds is 10. The number of carbonyl (C=O) groups is 4. The highest BCUT2D eigenvalue weighted by Crippen LogP contribution is 2.38. The summed E-state index contributed by atoms with van der Waals surface area (Å²) in [6, 6.07) is -1.88. The van der Waals surface area contributed by atoms with Crippen LogP contribution in [0.4, 0.5) is 0 Å². The number of hydrogen-bond donors (Lipinski definition) is 4. The molecule has 0 aromatic heterocycles. The number of hydrogen-bond acceptors (Lipinski definition) is 7. The lowest BCUT2D eigenvalue weighted by atomic mass is 9.94. The van der Waals surface area contributed by atoms with Crippen molar-refractivity contribution in [2.45, 2.75) is 64.8 Å². The first-order valence-corrected chi connectivity index (χ1v) is 11.2. The molecule has 0 aromatic rings. The van der Waals surface area contributed by atoms with Gasteiger partial charge in [0.2, 0.25) is 18.1 Å². The smallest absolute Gasteiger partial charge is 0.251 e. The maximum atomic E-state index is 13.1. The van der Waals surface area contributed by atoms with E-state index in [0.717, 1.165) is 0 Å². The molecule has 3 aliphatic heterocycles. The van der Waals surface area contributed by atoms with Crippen molar-refractivity contribution < 1.29 is 33.8 Å². The Hall–Kier alpha value is -2.46. The number of carbonyl (C=O) groups excluding carboxylic acids is 4. The summed E-state index contributed by atoms with van der Waals surface area (Å²) in [4.78, 5) is 50.3. The van der Waals surface area contributed by atoms with Gasteiger partial charge in [-0.2, -0.15) is 0 Å². The molecular weight excluding hydrogens is 418 g/mol. The molecular formula is C22H33N3O7. The fraction of sp³-hybridized carbons (Fsp3) is 0.727. The minimum atomic E-state index is -1.00. The van der Waals surface area contributed by atoms with E-state index in [1.165, 1.54) is 0 Å². The van der Waals surface area contributed by atoms with Crippen molar-refractivity contribution in [3.8, 4) is 0 Å². The Morgan fingerprint density at radius 3 is 2.56 bits per heavy atom. The van der Waals surface area contributed by atoms with E-state index in [1.807, 2.05) is 13.8 Å². The molecule has 3 aliphatic rings. The summed E-state index contributed by atoms with van der Waals surface area (Å²) in [7, 11) is 0. The van der Waals surface area contributed by atoms with E-state index in [9.17, 15) is 24.3 Å². The van der Waals surface area contributed by atoms with Crippen molar-refractivity contribution in [2.24, 2.45) is 17.8 Å². The van der Waals surface area contributed by atoms with Crippen molar-refractivity contribution in [1.82, 2.24) is 16.0 Å². The summed E-state index contributed by atoms with van der Waals surface area (Å²) in [5.74, 6) is -1.63. The van der Waals surface area contributed by atoms with Crippen LogP contribution in [0, 0.1) is 17.8 Å². The topological polar surface area (TPSA) is 143 Å². The second-order valence-electron chi connectivity index (χ2n) is 9.08. The predicted molar refractivity (Wildman–Crippen MR) is 113 cm³/mol. The Balaban J connectivity index is 1.70. The molecule has 0 spiro atoms. The standard InChI is InChI=1S/C22H33N3O7/c1-11(2)8-16(25-21(30)18-12(3)32-22-14(18)5-7-31-22)20(29)24-15(17(27)10-26)9-13-4-6-23-19(13)28/h11,13-16,22,26H,4-10H2,1-3H3,(H,23,28)(H,24,29)(H,25,30)/t13-,14?,15?,16-,22?/m0/s1. The average molecular weight is 452 g/mol. The van der Waals surface area contributed by atoms with E-state index in [0.29, 0.717) is 43.7 Å². The van der Waals surface area contributed by atoms with Crippen LogP contribution in [-0.4, -0.2) is 66.7 Å². The molecule has 10 heteroatoms. The first-order chi connectivity index (χ1) is 15.2. The van der Waals surface area contributed by atoms with Crippen LogP contribution in [0.25, 0.3) is 0 Å². The van der Waals surface area contributed by atoms with Crippen molar-refractivity contribution >= 4 is 23.5 Å². The molecule has 3 unspecified atom stereocenters. The first-order valence-electron chi connectivity index (χ1n) is 11.2. The van der Waals surface area contributed by atoms with E-state index in [-0.39, 0.29) is 30.1 Å². The Morgan fingerprint density at radius 1 is 1.19 bits per heavy atom. The Morgan fingerprint density at radius 2 is 1.94 bits per heavy atom. The summed E-state index contributed by atoms with van der Waals surface area (Å²) in [6.07, 6.45) is 1.24. The molecule has 2 fully saturated rings. The van der Waals surface area contributed by atoms with Gasteiger partial charge in [-0.25, -0.2) is 0 Å². The number of aliphatic hydroxyl groups is 1. The van der Waals surface area contributed by atoms with Crippen LogP contribution in [0.5, 0.6) is 0 Å². The zero-order valence-electron chi connectivity index (χ0n) is 18.8. The molecule has 178 valence electrons. The van der Waals surface area contributed by atoms with Crippen molar-refractivity contribution in [3.05, 3.63) is 11.3 Å². The van der Waals surface area contributed by atoms with Crippen molar-refractivity contribution in [3.63, 3.8) is 0 Å². The number of fused-ring (bicyclic) bond motifs is 1. The highest BCUT2D eigenvalue weighted by Gasteiger charge is 2.43. The second-order valence-corrected chi connectivity index (χ2v) is 9.08. The highest BCUT2D eigenvalue weighted by atomic mass is 16.7. The molecule has 4 N–H and O–H groups in total. The first kappa shape index (κ1) is 24.2. The Labute approximate surface area is 187 Å². The van der Waals surface area contributed by atoms with Gasteiger partial charge < -0.3 is 30.5 Å². The molecule has 3 heterocycles. The average Bonchev–Trinajstić information content (AvgIpc) is 3.42. The third-order valence-electron chi connectivity index (χ3n) is 6.20. The maximum Gasteiger partial charge on any atom is 0.251 e. The van der Waals surface area contributed by atoms with E-state index >= 15 is 0 Å². The molecule has 0 saturated carbocycles. The lowest BCUT2D eigenvalue weighted by molar-refractivity contribution is -0.133. The van der Waals surface area contributed by atoms with Gasteiger partial charge in [-0.05, 0) is 38.5 Å². The van der Waals surface area contributed by atoms with Gasteiger partial charge in [-0.3, -0.25) is 19.2 Å². The van der Waals surface area contributed by atoms with Gasteiger partial charge in [-0.1, -0.05) is 13.8 Å². The fourth-order valence-corrected chi connectivity index (χ4v) is 4.53. The number of amides is 3. The van der Waals surface area contributed by atoms with Crippen LogP contribution in [0.2, 0.25) is 0 Å². The summed E-state index contributed by atoms with van der Waals surface area (Å²) in [6.45, 7) is 5.84. The third-order valence-corrected chi connectivity index (χ3v) is 6.20. The zero-order chi connectivity index (χ0) is 23.4. The number of allylic oxidation sites excluding steroid dienone is 1. The van der Waals surface area contributed by atoms with Crippen LogP contribution < -0.4 is 16.0 Å². The molecule has 0 aromatic carbocycles. The van der Waals surface area contributed by atoms with E-state index in [1.54, 1.807) is 6.92 Å². The van der Waals surface area contributed by atoms with Gasteiger partial charge in [0, 0.05) is 12.5 Å². The molecule has 10 nitrogen and oxygen atoms in total. The molecule has 2 saturated heterocycles. The monoisotopic (exact) mass is 451 g/mol. The number of Topliss-reactive ketones (excluding diaryl/α,β-unsaturated/α-hetero) is 1. The molecule has 0 bridgehead atoms. The lowest BCUT2D eigenvalue weighted by Crippen LogP contribution is -2.53. The molecule has 3 amide bonds. The summed E-state index contributed by atoms with van der Waals surface area (Å²) < 4.78 is 11.1. The lowest BCUT2D eigenvalue weighted by Gasteiger charge is -2.25. The van der Waals surface area contributed by atoms with Gasteiger partial charge in [0.1, 0.15) is 18.4 Å². The van der Waals surface area contributed by atoms with Crippen LogP contribution in [-0.2, 0) is 28.7 Å². The van der Waals surface area contributed by atoms with Gasteiger partial charge in [-0.15, -0.1) is 0 Å². The Bertz CT molecular complexity index is 794. The van der Waals surface area contributed by atoms with Crippen LogP contribution in [0.15, 0.2) is 11.3 Å². The zero-order valence-corrected chi connectivity index (χ0v) is 18.8. The molecule has 32 heavy (non-hydrogen) atoms. The van der Waals surface area contributed by atoms with Gasteiger partial charge >= 0.3 is 0 Å². The number of ketones is 1. The van der Waals surface area contributed by atoms with Crippen LogP contribution in [0.3, 0.4) is 0 Å². The van der Waals surface area contributed by atoms with Crippen LogP contribution in [0.1, 0.15) is 46.5 Å².